The molecule has 0 aliphatic rings. The monoisotopic (exact) mass is 187 g/mol. The normalized spacial score (nSPS) is 12.4. The molecule has 0 aromatic heterocycles. The van der Waals surface area contributed by atoms with Gasteiger partial charge in [-0.3, -0.25) is 4.99 Å². The van der Waals surface area contributed by atoms with Crippen molar-refractivity contribution >= 4 is 11.8 Å². The predicted octanol–water partition coefficient (Wildman–Crippen LogP) is 3.49. The van der Waals surface area contributed by atoms with E-state index in [4.69, 9.17) is 0 Å². The van der Waals surface area contributed by atoms with Crippen LogP contribution >= 0.6 is 0 Å². The molecule has 1 aromatic rings. The van der Waals surface area contributed by atoms with Crippen LogP contribution in [0.15, 0.2) is 35.3 Å². The van der Waals surface area contributed by atoms with E-state index in [-0.39, 0.29) is 0 Å². The first-order valence-corrected chi connectivity index (χ1v) is 5.01. The number of nitrogens with zero attached hydrogens (tertiary/aromatic N) is 1. The molecule has 0 N–H and O–H groups in total. The van der Waals surface area contributed by atoms with Crippen molar-refractivity contribution in [2.75, 3.05) is 6.54 Å². The zero-order valence-corrected chi connectivity index (χ0v) is 9.12. The van der Waals surface area contributed by atoms with Crippen molar-refractivity contribution in [3.8, 4) is 0 Å². The van der Waals surface area contributed by atoms with Crippen molar-refractivity contribution in [1.82, 2.24) is 0 Å². The van der Waals surface area contributed by atoms with Gasteiger partial charge in [-0.1, -0.05) is 35.9 Å². The summed E-state index contributed by atoms with van der Waals surface area (Å²) in [6, 6.07) is 8.51. The third kappa shape index (κ3) is 2.84. The Bertz CT molecular complexity index is 331. The Kier molecular flexibility index (Phi) is 4.11. The van der Waals surface area contributed by atoms with Gasteiger partial charge in [0.25, 0.3) is 0 Å². The van der Waals surface area contributed by atoms with Crippen LogP contribution in [-0.4, -0.2) is 12.8 Å². The Morgan fingerprint density at radius 3 is 2.43 bits per heavy atom. The maximum atomic E-state index is 4.25. The van der Waals surface area contributed by atoms with Crippen LogP contribution in [0.4, 0.5) is 0 Å². The molecule has 14 heavy (non-hydrogen) atoms. The highest BCUT2D eigenvalue weighted by Crippen LogP contribution is 2.12. The molecule has 0 aliphatic carbocycles. The molecule has 0 atom stereocenters. The molecule has 0 heterocycles. The summed E-state index contributed by atoms with van der Waals surface area (Å²) >= 11 is 0. The number of allylic oxidation sites excluding steroid dienone is 2. The Hall–Kier alpha value is -1.37. The summed E-state index contributed by atoms with van der Waals surface area (Å²) in [7, 11) is 0. The fourth-order valence-corrected chi connectivity index (χ4v) is 1.25. The Balaban J connectivity index is 2.91. The quantitative estimate of drug-likeness (QED) is 0.642. The standard InChI is InChI=1S/C13H17N/c1-4-12(10-14-5-2)13-8-6-11(3)7-9-13/h4,6-10H,5H2,1-3H3/b12-4+,14-10-. The summed E-state index contributed by atoms with van der Waals surface area (Å²) in [6.07, 6.45) is 4.02. The van der Waals surface area contributed by atoms with Crippen LogP contribution in [-0.2, 0) is 0 Å². The topological polar surface area (TPSA) is 12.4 Å². The summed E-state index contributed by atoms with van der Waals surface area (Å²) in [5.41, 5.74) is 3.71. The summed E-state index contributed by atoms with van der Waals surface area (Å²) < 4.78 is 0. The van der Waals surface area contributed by atoms with E-state index in [1.165, 1.54) is 16.7 Å². The third-order valence-corrected chi connectivity index (χ3v) is 2.11. The average Bonchev–Trinajstić information content (AvgIpc) is 2.21. The minimum Gasteiger partial charge on any atom is -0.293 e. The van der Waals surface area contributed by atoms with Crippen LogP contribution in [0.5, 0.6) is 0 Å². The van der Waals surface area contributed by atoms with Gasteiger partial charge in [0.05, 0.1) is 0 Å². The summed E-state index contributed by atoms with van der Waals surface area (Å²) in [6.45, 7) is 7.01. The van der Waals surface area contributed by atoms with Crippen LogP contribution in [0, 0.1) is 6.92 Å². The molecule has 1 heteroatoms. The maximum absolute atomic E-state index is 4.25. The molecule has 0 fully saturated rings. The minimum absolute atomic E-state index is 0.837. The highest BCUT2D eigenvalue weighted by atomic mass is 14.7. The molecular formula is C13H17N. The molecule has 0 bridgehead atoms. The lowest BCUT2D eigenvalue weighted by molar-refractivity contribution is 1.14. The Morgan fingerprint density at radius 1 is 1.29 bits per heavy atom. The molecule has 0 saturated heterocycles. The Labute approximate surface area is 86.2 Å². The van der Waals surface area contributed by atoms with E-state index in [0.29, 0.717) is 0 Å². The predicted molar refractivity (Wildman–Crippen MR) is 63.9 cm³/mol. The van der Waals surface area contributed by atoms with Crippen LogP contribution in [0.2, 0.25) is 0 Å². The smallest absolute Gasteiger partial charge is 0.0361 e. The van der Waals surface area contributed by atoms with Gasteiger partial charge in [-0.25, -0.2) is 0 Å². The number of benzene rings is 1. The Morgan fingerprint density at radius 2 is 1.93 bits per heavy atom. The zero-order chi connectivity index (χ0) is 10.4. The summed E-state index contributed by atoms with van der Waals surface area (Å²) in [5, 5.41) is 0. The van der Waals surface area contributed by atoms with Crippen molar-refractivity contribution in [3.63, 3.8) is 0 Å². The molecule has 0 amide bonds. The molecule has 1 aromatic carbocycles. The van der Waals surface area contributed by atoms with Crippen LogP contribution in [0.1, 0.15) is 25.0 Å². The molecule has 0 saturated carbocycles. The number of hydrogen-bond acceptors (Lipinski definition) is 1. The highest BCUT2D eigenvalue weighted by Gasteiger charge is 1.95. The van der Waals surface area contributed by atoms with Gasteiger partial charge in [0, 0.05) is 12.8 Å². The minimum atomic E-state index is 0.837. The second kappa shape index (κ2) is 5.38. The lowest BCUT2D eigenvalue weighted by Crippen LogP contribution is -1.86. The van der Waals surface area contributed by atoms with Gasteiger partial charge in [-0.2, -0.15) is 0 Å². The molecule has 74 valence electrons. The number of hydrogen-bond donors (Lipinski definition) is 0. The van der Waals surface area contributed by atoms with Crippen LogP contribution in [0.3, 0.4) is 0 Å². The third-order valence-electron chi connectivity index (χ3n) is 2.11. The number of rotatable bonds is 3. The van der Waals surface area contributed by atoms with Crippen molar-refractivity contribution in [1.29, 1.82) is 0 Å². The molecule has 1 nitrogen and oxygen atoms in total. The molecule has 1 rings (SSSR count). The van der Waals surface area contributed by atoms with E-state index in [0.717, 1.165) is 6.54 Å². The van der Waals surface area contributed by atoms with Gasteiger partial charge < -0.3 is 0 Å². The van der Waals surface area contributed by atoms with E-state index >= 15 is 0 Å². The average molecular weight is 187 g/mol. The van der Waals surface area contributed by atoms with E-state index in [2.05, 4.69) is 42.3 Å². The van der Waals surface area contributed by atoms with Gasteiger partial charge in [-0.15, -0.1) is 0 Å². The van der Waals surface area contributed by atoms with Gasteiger partial charge in [-0.05, 0) is 31.9 Å². The zero-order valence-electron chi connectivity index (χ0n) is 9.12. The van der Waals surface area contributed by atoms with Crippen molar-refractivity contribution in [2.45, 2.75) is 20.8 Å². The molecule has 0 unspecified atom stereocenters. The first kappa shape index (κ1) is 10.7. The van der Waals surface area contributed by atoms with Crippen molar-refractivity contribution in [2.24, 2.45) is 4.99 Å². The largest absolute Gasteiger partial charge is 0.293 e. The fraction of sp³-hybridized carbons (Fsp3) is 0.308. The second-order valence-electron chi connectivity index (χ2n) is 3.24. The lowest BCUT2D eigenvalue weighted by atomic mass is 10.1. The molecular weight excluding hydrogens is 170 g/mol. The second-order valence-corrected chi connectivity index (χ2v) is 3.24. The van der Waals surface area contributed by atoms with Crippen LogP contribution < -0.4 is 0 Å². The molecule has 0 spiro atoms. The van der Waals surface area contributed by atoms with E-state index in [9.17, 15) is 0 Å². The van der Waals surface area contributed by atoms with Crippen LogP contribution in [0.25, 0.3) is 5.57 Å². The summed E-state index contributed by atoms with van der Waals surface area (Å²) in [4.78, 5) is 4.25. The first-order valence-electron chi connectivity index (χ1n) is 5.01. The molecule has 0 radical (unpaired) electrons. The first-order chi connectivity index (χ1) is 6.77. The van der Waals surface area contributed by atoms with Gasteiger partial charge >= 0.3 is 0 Å². The number of aliphatic imine (C=N–C) groups is 1. The summed E-state index contributed by atoms with van der Waals surface area (Å²) in [5.74, 6) is 0. The highest BCUT2D eigenvalue weighted by molar-refractivity contribution is 6.09. The fourth-order valence-electron chi connectivity index (χ4n) is 1.25. The number of aryl methyl sites for hydroxylation is 1. The SMILES string of the molecule is C/C=C(\C=N/CC)c1ccc(C)cc1. The van der Waals surface area contributed by atoms with Crippen molar-refractivity contribution in [3.05, 3.63) is 41.5 Å². The van der Waals surface area contributed by atoms with Gasteiger partial charge in [0.1, 0.15) is 0 Å². The van der Waals surface area contributed by atoms with Gasteiger partial charge in [0.15, 0.2) is 0 Å². The van der Waals surface area contributed by atoms with E-state index in [1.807, 2.05) is 20.1 Å². The van der Waals surface area contributed by atoms with Gasteiger partial charge in [0.2, 0.25) is 0 Å². The van der Waals surface area contributed by atoms with Crippen molar-refractivity contribution < 1.29 is 0 Å². The van der Waals surface area contributed by atoms with E-state index < -0.39 is 0 Å². The maximum Gasteiger partial charge on any atom is 0.0361 e. The van der Waals surface area contributed by atoms with E-state index in [1.54, 1.807) is 0 Å². The molecule has 0 aliphatic heterocycles. The lowest BCUT2D eigenvalue weighted by Gasteiger charge is -2.01.